The Labute approximate surface area is 123 Å². The zero-order valence-electron chi connectivity index (χ0n) is 12.0. The molecule has 21 heavy (non-hydrogen) atoms. The maximum atomic E-state index is 12.7. The second-order valence-corrected chi connectivity index (χ2v) is 6.66. The number of aliphatic carboxylic acids is 1. The van der Waals surface area contributed by atoms with Crippen LogP contribution in [0.1, 0.15) is 11.1 Å². The van der Waals surface area contributed by atoms with Crippen LogP contribution in [0, 0.1) is 13.8 Å². The van der Waals surface area contributed by atoms with Crippen LogP contribution in [0.5, 0.6) is 5.75 Å². The summed E-state index contributed by atoms with van der Waals surface area (Å²) in [4.78, 5) is 11.3. The molecule has 1 unspecified atom stereocenters. The second kappa shape index (κ2) is 5.50. The molecule has 7 heteroatoms. The number of carboxylic acid groups (broad SMARTS) is 1. The minimum Gasteiger partial charge on any atom is -0.496 e. The van der Waals surface area contributed by atoms with Gasteiger partial charge in [-0.25, -0.2) is 8.42 Å². The third-order valence-electron chi connectivity index (χ3n) is 3.66. The van der Waals surface area contributed by atoms with Crippen molar-refractivity contribution in [2.75, 3.05) is 13.7 Å². The maximum Gasteiger partial charge on any atom is 0.326 e. The lowest BCUT2D eigenvalue weighted by atomic mass is 10.1. The van der Waals surface area contributed by atoms with Crippen molar-refractivity contribution >= 4 is 16.0 Å². The van der Waals surface area contributed by atoms with E-state index in [-0.39, 0.29) is 11.4 Å². The van der Waals surface area contributed by atoms with Crippen LogP contribution in [0.15, 0.2) is 29.2 Å². The zero-order chi connectivity index (χ0) is 15.8. The highest BCUT2D eigenvalue weighted by molar-refractivity contribution is 7.89. The summed E-state index contributed by atoms with van der Waals surface area (Å²) in [6.07, 6.45) is 2.92. The Hall–Kier alpha value is -1.86. The molecule has 0 aliphatic carbocycles. The lowest BCUT2D eigenvalue weighted by Crippen LogP contribution is -2.41. The lowest BCUT2D eigenvalue weighted by Gasteiger charge is -2.23. The summed E-state index contributed by atoms with van der Waals surface area (Å²) in [5.74, 6) is -0.587. The number of carbonyl (C=O) groups is 1. The molecule has 2 rings (SSSR count). The minimum atomic E-state index is -3.88. The number of methoxy groups -OCH3 is 1. The van der Waals surface area contributed by atoms with Gasteiger partial charge in [0, 0.05) is 6.54 Å². The smallest absolute Gasteiger partial charge is 0.326 e. The number of rotatable bonds is 4. The fraction of sp³-hybridized carbons (Fsp3) is 0.357. The fourth-order valence-electron chi connectivity index (χ4n) is 2.35. The lowest BCUT2D eigenvalue weighted by molar-refractivity contribution is -0.139. The van der Waals surface area contributed by atoms with Crippen molar-refractivity contribution < 1.29 is 23.1 Å². The van der Waals surface area contributed by atoms with Crippen molar-refractivity contribution in [1.29, 1.82) is 0 Å². The average Bonchev–Trinajstić information content (AvgIpc) is 2.91. The van der Waals surface area contributed by atoms with E-state index < -0.39 is 22.0 Å². The molecule has 114 valence electrons. The van der Waals surface area contributed by atoms with Gasteiger partial charge in [-0.15, -0.1) is 0 Å². The molecule has 1 aromatic rings. The number of nitrogens with zero attached hydrogens (tertiary/aromatic N) is 1. The van der Waals surface area contributed by atoms with Gasteiger partial charge in [-0.05, 0) is 37.1 Å². The highest BCUT2D eigenvalue weighted by Gasteiger charge is 2.37. The van der Waals surface area contributed by atoms with Gasteiger partial charge in [0.15, 0.2) is 0 Å². The molecule has 1 N–H and O–H groups in total. The van der Waals surface area contributed by atoms with Crippen molar-refractivity contribution in [2.45, 2.75) is 24.8 Å². The van der Waals surface area contributed by atoms with Crippen LogP contribution in [-0.4, -0.2) is 43.5 Å². The first-order valence-electron chi connectivity index (χ1n) is 6.36. The van der Waals surface area contributed by atoms with E-state index in [2.05, 4.69) is 0 Å². The van der Waals surface area contributed by atoms with Gasteiger partial charge in [-0.1, -0.05) is 12.2 Å². The summed E-state index contributed by atoms with van der Waals surface area (Å²) in [6, 6.07) is 1.87. The van der Waals surface area contributed by atoms with Crippen LogP contribution in [0.3, 0.4) is 0 Å². The summed E-state index contributed by atoms with van der Waals surface area (Å²) in [6.45, 7) is 3.51. The minimum absolute atomic E-state index is 0.0593. The molecule has 0 bridgehead atoms. The first-order chi connectivity index (χ1) is 9.80. The van der Waals surface area contributed by atoms with Crippen LogP contribution in [-0.2, 0) is 14.8 Å². The Kier molecular flexibility index (Phi) is 4.06. The van der Waals surface area contributed by atoms with Crippen LogP contribution >= 0.6 is 0 Å². The molecule has 0 saturated heterocycles. The van der Waals surface area contributed by atoms with E-state index in [9.17, 15) is 13.2 Å². The number of benzene rings is 1. The largest absolute Gasteiger partial charge is 0.496 e. The molecule has 1 aliphatic rings. The van der Waals surface area contributed by atoms with Gasteiger partial charge in [-0.2, -0.15) is 4.31 Å². The van der Waals surface area contributed by atoms with E-state index in [4.69, 9.17) is 9.84 Å². The van der Waals surface area contributed by atoms with Gasteiger partial charge in [0.05, 0.1) is 12.0 Å². The van der Waals surface area contributed by atoms with Crippen molar-refractivity contribution in [2.24, 2.45) is 0 Å². The fourth-order valence-corrected chi connectivity index (χ4v) is 4.13. The molecular weight excluding hydrogens is 294 g/mol. The molecule has 0 aromatic heterocycles. The highest BCUT2D eigenvalue weighted by atomic mass is 32.2. The van der Waals surface area contributed by atoms with E-state index in [0.29, 0.717) is 11.3 Å². The Balaban J connectivity index is 2.51. The van der Waals surface area contributed by atoms with Gasteiger partial charge in [0.1, 0.15) is 11.8 Å². The maximum absolute atomic E-state index is 12.7. The van der Waals surface area contributed by atoms with E-state index in [0.717, 1.165) is 9.87 Å². The van der Waals surface area contributed by atoms with Crippen LogP contribution in [0.4, 0.5) is 0 Å². The van der Waals surface area contributed by atoms with E-state index in [1.165, 1.54) is 19.3 Å². The molecule has 1 aliphatic heterocycles. The summed E-state index contributed by atoms with van der Waals surface area (Å²) in [5.41, 5.74) is 1.28. The molecule has 1 aromatic carbocycles. The van der Waals surface area contributed by atoms with Crippen LogP contribution in [0.2, 0.25) is 0 Å². The normalized spacial score (nSPS) is 18.9. The number of sulfonamides is 1. The molecule has 0 fully saturated rings. The number of hydrogen-bond acceptors (Lipinski definition) is 4. The molecule has 0 radical (unpaired) electrons. The Morgan fingerprint density at radius 3 is 2.57 bits per heavy atom. The summed E-state index contributed by atoms with van der Waals surface area (Å²) in [7, 11) is -2.36. The van der Waals surface area contributed by atoms with Crippen LogP contribution < -0.4 is 4.74 Å². The Bertz CT molecular complexity index is 708. The topological polar surface area (TPSA) is 83.9 Å². The molecule has 0 spiro atoms. The number of carboxylic acids is 1. The highest BCUT2D eigenvalue weighted by Crippen LogP contribution is 2.30. The Morgan fingerprint density at radius 2 is 2.00 bits per heavy atom. The number of hydrogen-bond donors (Lipinski definition) is 1. The predicted molar refractivity (Wildman–Crippen MR) is 76.9 cm³/mol. The van der Waals surface area contributed by atoms with Gasteiger partial charge in [-0.3, -0.25) is 4.79 Å². The molecule has 1 heterocycles. The zero-order valence-corrected chi connectivity index (χ0v) is 12.8. The van der Waals surface area contributed by atoms with Crippen molar-refractivity contribution in [3.63, 3.8) is 0 Å². The molecule has 0 saturated carbocycles. The van der Waals surface area contributed by atoms with Crippen LogP contribution in [0.25, 0.3) is 0 Å². The third kappa shape index (κ3) is 2.54. The van der Waals surface area contributed by atoms with Gasteiger partial charge >= 0.3 is 5.97 Å². The Morgan fingerprint density at radius 1 is 1.33 bits per heavy atom. The van der Waals surface area contributed by atoms with Gasteiger partial charge in [0.2, 0.25) is 10.0 Å². The van der Waals surface area contributed by atoms with Crippen molar-refractivity contribution in [1.82, 2.24) is 4.31 Å². The van der Waals surface area contributed by atoms with Crippen molar-refractivity contribution in [3.05, 3.63) is 35.4 Å². The van der Waals surface area contributed by atoms with Gasteiger partial charge < -0.3 is 9.84 Å². The summed E-state index contributed by atoms with van der Waals surface area (Å²) >= 11 is 0. The molecule has 6 nitrogen and oxygen atoms in total. The quantitative estimate of drug-likeness (QED) is 0.848. The van der Waals surface area contributed by atoms with E-state index >= 15 is 0 Å². The first kappa shape index (κ1) is 15.5. The molecular formula is C14H17NO5S. The second-order valence-electron chi connectivity index (χ2n) is 4.80. The number of ether oxygens (including phenoxy) is 1. The predicted octanol–water partition coefficient (Wildman–Crippen LogP) is 1.33. The molecule has 0 amide bonds. The summed E-state index contributed by atoms with van der Waals surface area (Å²) in [5, 5.41) is 9.12. The third-order valence-corrected chi connectivity index (χ3v) is 5.65. The summed E-state index contributed by atoms with van der Waals surface area (Å²) < 4.78 is 31.5. The SMILES string of the molecule is COc1ccc(S(=O)(=O)N2CC=CC2C(=O)O)c(C)c1C. The van der Waals surface area contributed by atoms with E-state index in [1.54, 1.807) is 26.0 Å². The van der Waals surface area contributed by atoms with Gasteiger partial charge in [0.25, 0.3) is 0 Å². The molecule has 1 atom stereocenters. The van der Waals surface area contributed by atoms with E-state index in [1.807, 2.05) is 0 Å². The average molecular weight is 311 g/mol. The first-order valence-corrected chi connectivity index (χ1v) is 7.80. The standard InChI is InChI=1S/C14H17NO5S/c1-9-10(2)13(7-6-12(9)20-3)21(18,19)15-8-4-5-11(15)14(16)17/h4-7,11H,8H2,1-3H3,(H,16,17). The monoisotopic (exact) mass is 311 g/mol. The van der Waals surface area contributed by atoms with Crippen molar-refractivity contribution in [3.8, 4) is 5.75 Å².